The summed E-state index contributed by atoms with van der Waals surface area (Å²) in [5.41, 5.74) is 4.60. The van der Waals surface area contributed by atoms with Crippen molar-refractivity contribution < 1.29 is 14.6 Å². The van der Waals surface area contributed by atoms with Gasteiger partial charge in [-0.25, -0.2) is 4.79 Å². The molecule has 0 saturated carbocycles. The van der Waals surface area contributed by atoms with Crippen molar-refractivity contribution in [3.63, 3.8) is 0 Å². The van der Waals surface area contributed by atoms with Gasteiger partial charge in [-0.3, -0.25) is 0 Å². The lowest BCUT2D eigenvalue weighted by Crippen LogP contribution is -2.09. The molecule has 0 radical (unpaired) electrons. The van der Waals surface area contributed by atoms with Crippen molar-refractivity contribution in [1.29, 1.82) is 0 Å². The fourth-order valence-electron chi connectivity index (χ4n) is 1.83. The van der Waals surface area contributed by atoms with E-state index in [0.717, 1.165) is 11.1 Å². The molecule has 2 rings (SSSR count). The molecule has 3 heteroatoms. The predicted octanol–water partition coefficient (Wildman–Crippen LogP) is 3.43. The fraction of sp³-hybridized carbons (Fsp3) is 0.188. The summed E-state index contributed by atoms with van der Waals surface area (Å²) in [5, 5.41) is 8.60. The van der Waals surface area contributed by atoms with Gasteiger partial charge in [-0.05, 0) is 48.2 Å². The van der Waals surface area contributed by atoms with Gasteiger partial charge in [-0.15, -0.1) is 0 Å². The highest BCUT2D eigenvalue weighted by atomic mass is 16.5. The van der Waals surface area contributed by atoms with Crippen LogP contribution in [0.3, 0.4) is 0 Å². The first-order valence-corrected chi connectivity index (χ1v) is 6.08. The van der Waals surface area contributed by atoms with Gasteiger partial charge in [0.25, 0.3) is 0 Å². The van der Waals surface area contributed by atoms with Crippen LogP contribution < -0.4 is 4.74 Å². The molecule has 0 spiro atoms. The topological polar surface area (TPSA) is 46.5 Å². The molecule has 0 amide bonds. The summed E-state index contributed by atoms with van der Waals surface area (Å²) < 4.78 is 5.18. The minimum atomic E-state index is -0.975. The highest BCUT2D eigenvalue weighted by Crippen LogP contribution is 2.25. The van der Waals surface area contributed by atoms with Crippen LogP contribution in [0.1, 0.15) is 11.1 Å². The number of rotatable bonds is 4. The first-order chi connectivity index (χ1) is 9.06. The van der Waals surface area contributed by atoms with Crippen LogP contribution in [0.15, 0.2) is 42.5 Å². The van der Waals surface area contributed by atoms with Crippen LogP contribution in [-0.4, -0.2) is 17.7 Å². The number of aliphatic carboxylic acids is 1. The van der Waals surface area contributed by atoms with Gasteiger partial charge in [0, 0.05) is 0 Å². The number of carboxylic acids is 1. The maximum Gasteiger partial charge on any atom is 0.341 e. The molecule has 0 aromatic heterocycles. The lowest BCUT2D eigenvalue weighted by Gasteiger charge is -2.08. The number of carbonyl (C=O) groups is 1. The van der Waals surface area contributed by atoms with E-state index in [1.165, 1.54) is 11.1 Å². The summed E-state index contributed by atoms with van der Waals surface area (Å²) in [5.74, 6) is -0.408. The van der Waals surface area contributed by atoms with Crippen LogP contribution >= 0.6 is 0 Å². The van der Waals surface area contributed by atoms with Crippen LogP contribution in [0.5, 0.6) is 5.75 Å². The Bertz CT molecular complexity index is 603. The van der Waals surface area contributed by atoms with Crippen LogP contribution in [0.4, 0.5) is 0 Å². The lowest BCUT2D eigenvalue weighted by atomic mass is 10.0. The minimum Gasteiger partial charge on any atom is -0.482 e. The zero-order valence-electron chi connectivity index (χ0n) is 11.0. The molecule has 98 valence electrons. The molecule has 0 heterocycles. The first kappa shape index (κ1) is 13.1. The van der Waals surface area contributed by atoms with Gasteiger partial charge in [0.15, 0.2) is 6.61 Å². The van der Waals surface area contributed by atoms with Gasteiger partial charge in [-0.1, -0.05) is 30.3 Å². The largest absolute Gasteiger partial charge is 0.482 e. The molecule has 0 fully saturated rings. The van der Waals surface area contributed by atoms with Gasteiger partial charge in [-0.2, -0.15) is 0 Å². The Labute approximate surface area is 112 Å². The fourth-order valence-corrected chi connectivity index (χ4v) is 1.83. The van der Waals surface area contributed by atoms with Crippen LogP contribution in [0.2, 0.25) is 0 Å². The van der Waals surface area contributed by atoms with E-state index in [1.54, 1.807) is 6.07 Å². The molecular weight excluding hydrogens is 240 g/mol. The Kier molecular flexibility index (Phi) is 3.85. The second-order valence-electron chi connectivity index (χ2n) is 4.51. The van der Waals surface area contributed by atoms with Gasteiger partial charge >= 0.3 is 5.97 Å². The molecular formula is C16H16O3. The van der Waals surface area contributed by atoms with Gasteiger partial charge < -0.3 is 9.84 Å². The number of carboxylic acid groups (broad SMARTS) is 1. The van der Waals surface area contributed by atoms with Gasteiger partial charge in [0.2, 0.25) is 0 Å². The Morgan fingerprint density at radius 2 is 1.79 bits per heavy atom. The SMILES string of the molecule is Cc1ccc(-c2cccc(OCC(=O)O)c2)cc1C. The summed E-state index contributed by atoms with van der Waals surface area (Å²) in [4.78, 5) is 10.5. The van der Waals surface area contributed by atoms with Crippen LogP contribution in [0, 0.1) is 13.8 Å². The van der Waals surface area contributed by atoms with Crippen molar-refractivity contribution >= 4 is 5.97 Å². The zero-order chi connectivity index (χ0) is 13.8. The van der Waals surface area contributed by atoms with Gasteiger partial charge in [0.1, 0.15) is 5.75 Å². The van der Waals surface area contributed by atoms with E-state index in [0.29, 0.717) is 5.75 Å². The number of ether oxygens (including phenoxy) is 1. The third-order valence-electron chi connectivity index (χ3n) is 3.04. The van der Waals surface area contributed by atoms with E-state index in [1.807, 2.05) is 18.2 Å². The highest BCUT2D eigenvalue weighted by molar-refractivity contribution is 5.69. The molecule has 0 unspecified atom stereocenters. The average Bonchev–Trinajstić information content (AvgIpc) is 2.40. The molecule has 2 aromatic rings. The maximum absolute atomic E-state index is 10.5. The highest BCUT2D eigenvalue weighted by Gasteiger charge is 2.03. The molecule has 0 atom stereocenters. The van der Waals surface area contributed by atoms with E-state index >= 15 is 0 Å². The first-order valence-electron chi connectivity index (χ1n) is 6.08. The molecule has 0 aliphatic carbocycles. The molecule has 0 aliphatic rings. The quantitative estimate of drug-likeness (QED) is 0.911. The van der Waals surface area contributed by atoms with Crippen molar-refractivity contribution in [1.82, 2.24) is 0 Å². The van der Waals surface area contributed by atoms with Crippen molar-refractivity contribution in [3.8, 4) is 16.9 Å². The zero-order valence-corrected chi connectivity index (χ0v) is 11.0. The molecule has 1 N–H and O–H groups in total. The second-order valence-corrected chi connectivity index (χ2v) is 4.51. The Hall–Kier alpha value is -2.29. The maximum atomic E-state index is 10.5. The third kappa shape index (κ3) is 3.35. The van der Waals surface area contributed by atoms with E-state index in [-0.39, 0.29) is 6.61 Å². The van der Waals surface area contributed by atoms with E-state index < -0.39 is 5.97 Å². The summed E-state index contributed by atoms with van der Waals surface area (Å²) in [6.07, 6.45) is 0. The van der Waals surface area contributed by atoms with Crippen molar-refractivity contribution in [2.45, 2.75) is 13.8 Å². The van der Waals surface area contributed by atoms with E-state index in [2.05, 4.69) is 32.0 Å². The third-order valence-corrected chi connectivity index (χ3v) is 3.04. The normalized spacial score (nSPS) is 10.2. The molecule has 0 bridgehead atoms. The summed E-state index contributed by atoms with van der Waals surface area (Å²) in [6, 6.07) is 13.7. The molecule has 0 aliphatic heterocycles. The molecule has 3 nitrogen and oxygen atoms in total. The van der Waals surface area contributed by atoms with E-state index in [9.17, 15) is 4.79 Å². The van der Waals surface area contributed by atoms with Crippen LogP contribution in [0.25, 0.3) is 11.1 Å². The lowest BCUT2D eigenvalue weighted by molar-refractivity contribution is -0.139. The second kappa shape index (κ2) is 5.57. The molecule has 19 heavy (non-hydrogen) atoms. The Morgan fingerprint density at radius 1 is 1.05 bits per heavy atom. The van der Waals surface area contributed by atoms with Crippen molar-refractivity contribution in [2.75, 3.05) is 6.61 Å². The average molecular weight is 256 g/mol. The van der Waals surface area contributed by atoms with E-state index in [4.69, 9.17) is 9.84 Å². The summed E-state index contributed by atoms with van der Waals surface area (Å²) in [7, 11) is 0. The number of hydrogen-bond acceptors (Lipinski definition) is 2. The Balaban J connectivity index is 2.27. The van der Waals surface area contributed by atoms with Crippen molar-refractivity contribution in [3.05, 3.63) is 53.6 Å². The summed E-state index contributed by atoms with van der Waals surface area (Å²) in [6.45, 7) is 3.82. The molecule has 2 aromatic carbocycles. The minimum absolute atomic E-state index is 0.323. The smallest absolute Gasteiger partial charge is 0.341 e. The number of hydrogen-bond donors (Lipinski definition) is 1. The monoisotopic (exact) mass is 256 g/mol. The predicted molar refractivity (Wildman–Crippen MR) is 74.5 cm³/mol. The Morgan fingerprint density at radius 3 is 2.47 bits per heavy atom. The van der Waals surface area contributed by atoms with Gasteiger partial charge in [0.05, 0.1) is 0 Å². The number of benzene rings is 2. The van der Waals surface area contributed by atoms with Crippen LogP contribution in [-0.2, 0) is 4.79 Å². The number of aryl methyl sites for hydroxylation is 2. The summed E-state index contributed by atoms with van der Waals surface area (Å²) >= 11 is 0. The van der Waals surface area contributed by atoms with Crippen molar-refractivity contribution in [2.24, 2.45) is 0 Å². The molecule has 0 saturated heterocycles. The standard InChI is InChI=1S/C16H16O3/c1-11-6-7-14(8-12(11)2)13-4-3-5-15(9-13)19-10-16(17)18/h3-9H,10H2,1-2H3,(H,17,18).